The Kier molecular flexibility index (Phi) is 4.54. The smallest absolute Gasteiger partial charge is 0.225 e. The minimum atomic E-state index is 0.244. The lowest BCUT2D eigenvalue weighted by Gasteiger charge is -2.29. The van der Waals surface area contributed by atoms with E-state index in [-0.39, 0.29) is 5.95 Å². The number of nitrogen functional groups attached to an aromatic ring is 1. The van der Waals surface area contributed by atoms with Crippen LogP contribution in [0.3, 0.4) is 0 Å². The minimum Gasteiger partial charge on any atom is -0.481 e. The summed E-state index contributed by atoms with van der Waals surface area (Å²) in [5, 5.41) is 0. The summed E-state index contributed by atoms with van der Waals surface area (Å²) < 4.78 is 5.11. The third-order valence-corrected chi connectivity index (χ3v) is 2.40. The van der Waals surface area contributed by atoms with Crippen LogP contribution in [0.1, 0.15) is 27.7 Å². The number of ether oxygens (including phenoxy) is 1. The molecule has 96 valence electrons. The van der Waals surface area contributed by atoms with Crippen LogP contribution in [0.5, 0.6) is 5.88 Å². The molecule has 1 heterocycles. The SMILES string of the molecule is COc1cc(N(CC(C)C)C(C)C)nc(N)n1. The first-order chi connectivity index (χ1) is 7.93. The van der Waals surface area contributed by atoms with Crippen LogP contribution in [0.15, 0.2) is 6.07 Å². The van der Waals surface area contributed by atoms with Gasteiger partial charge in [0, 0.05) is 18.7 Å². The number of rotatable bonds is 5. The van der Waals surface area contributed by atoms with Gasteiger partial charge in [0.2, 0.25) is 11.8 Å². The lowest BCUT2D eigenvalue weighted by Crippen LogP contribution is -2.35. The summed E-state index contributed by atoms with van der Waals surface area (Å²) >= 11 is 0. The first kappa shape index (κ1) is 13.5. The van der Waals surface area contributed by atoms with E-state index >= 15 is 0 Å². The molecule has 0 aliphatic rings. The molecule has 0 spiro atoms. The van der Waals surface area contributed by atoms with Crippen molar-refractivity contribution in [1.82, 2.24) is 9.97 Å². The van der Waals surface area contributed by atoms with Crippen molar-refractivity contribution in [2.24, 2.45) is 5.92 Å². The van der Waals surface area contributed by atoms with Crippen LogP contribution in [0.2, 0.25) is 0 Å². The molecule has 0 fully saturated rings. The maximum atomic E-state index is 5.67. The fourth-order valence-corrected chi connectivity index (χ4v) is 1.64. The zero-order chi connectivity index (χ0) is 13.0. The van der Waals surface area contributed by atoms with E-state index in [9.17, 15) is 0 Å². The van der Waals surface area contributed by atoms with E-state index in [1.54, 1.807) is 7.11 Å². The monoisotopic (exact) mass is 238 g/mol. The van der Waals surface area contributed by atoms with E-state index in [2.05, 4.69) is 42.6 Å². The van der Waals surface area contributed by atoms with Gasteiger partial charge in [0.15, 0.2) is 0 Å². The normalized spacial score (nSPS) is 11.0. The zero-order valence-corrected chi connectivity index (χ0v) is 11.3. The van der Waals surface area contributed by atoms with Gasteiger partial charge < -0.3 is 15.4 Å². The molecule has 5 nitrogen and oxygen atoms in total. The number of methoxy groups -OCH3 is 1. The van der Waals surface area contributed by atoms with Crippen LogP contribution in [-0.2, 0) is 0 Å². The first-order valence-corrected chi connectivity index (χ1v) is 5.89. The third kappa shape index (κ3) is 3.76. The molecule has 0 saturated heterocycles. The molecule has 0 aliphatic heterocycles. The molecule has 0 saturated carbocycles. The molecule has 0 radical (unpaired) electrons. The number of aromatic nitrogens is 2. The van der Waals surface area contributed by atoms with Crippen molar-refractivity contribution >= 4 is 11.8 Å². The van der Waals surface area contributed by atoms with Crippen LogP contribution >= 0.6 is 0 Å². The van der Waals surface area contributed by atoms with Gasteiger partial charge in [-0.05, 0) is 19.8 Å². The number of hydrogen-bond acceptors (Lipinski definition) is 5. The van der Waals surface area contributed by atoms with E-state index in [1.807, 2.05) is 6.07 Å². The summed E-state index contributed by atoms with van der Waals surface area (Å²) in [5.41, 5.74) is 5.67. The average molecular weight is 238 g/mol. The predicted octanol–water partition coefficient (Wildman–Crippen LogP) is 1.94. The highest BCUT2D eigenvalue weighted by Crippen LogP contribution is 2.21. The number of nitrogens with two attached hydrogens (primary N) is 1. The maximum absolute atomic E-state index is 5.67. The summed E-state index contributed by atoms with van der Waals surface area (Å²) in [7, 11) is 1.58. The highest BCUT2D eigenvalue weighted by Gasteiger charge is 2.15. The molecular weight excluding hydrogens is 216 g/mol. The second-order valence-electron chi connectivity index (χ2n) is 4.77. The molecule has 1 aromatic rings. The molecule has 0 amide bonds. The van der Waals surface area contributed by atoms with Crippen LogP contribution in [0, 0.1) is 5.92 Å². The van der Waals surface area contributed by atoms with Crippen molar-refractivity contribution < 1.29 is 4.74 Å². The van der Waals surface area contributed by atoms with Crippen LogP contribution in [-0.4, -0.2) is 29.7 Å². The molecule has 0 aromatic carbocycles. The Hall–Kier alpha value is -1.52. The Morgan fingerprint density at radius 2 is 1.94 bits per heavy atom. The lowest BCUT2D eigenvalue weighted by atomic mass is 10.2. The van der Waals surface area contributed by atoms with Gasteiger partial charge >= 0.3 is 0 Å². The second kappa shape index (κ2) is 5.70. The molecule has 0 atom stereocenters. The van der Waals surface area contributed by atoms with E-state index in [0.717, 1.165) is 12.4 Å². The lowest BCUT2D eigenvalue weighted by molar-refractivity contribution is 0.397. The summed E-state index contributed by atoms with van der Waals surface area (Å²) in [6.07, 6.45) is 0. The van der Waals surface area contributed by atoms with Gasteiger partial charge in [-0.1, -0.05) is 13.8 Å². The summed E-state index contributed by atoms with van der Waals surface area (Å²) in [4.78, 5) is 10.5. The standard InChI is InChI=1S/C12H22N4O/c1-8(2)7-16(9(3)4)10-6-11(17-5)15-12(13)14-10/h6,8-9H,7H2,1-5H3,(H2,13,14,15). The van der Waals surface area contributed by atoms with Gasteiger partial charge in [0.05, 0.1) is 7.11 Å². The summed E-state index contributed by atoms with van der Waals surface area (Å²) in [6, 6.07) is 2.18. The van der Waals surface area contributed by atoms with E-state index < -0.39 is 0 Å². The number of hydrogen-bond donors (Lipinski definition) is 1. The van der Waals surface area contributed by atoms with Gasteiger partial charge in [0.25, 0.3) is 0 Å². The summed E-state index contributed by atoms with van der Waals surface area (Å²) in [5.74, 6) is 2.12. The topological polar surface area (TPSA) is 64.3 Å². The summed E-state index contributed by atoms with van der Waals surface area (Å²) in [6.45, 7) is 9.55. The van der Waals surface area contributed by atoms with Crippen molar-refractivity contribution in [2.75, 3.05) is 24.3 Å². The van der Waals surface area contributed by atoms with Crippen LogP contribution in [0.4, 0.5) is 11.8 Å². The second-order valence-corrected chi connectivity index (χ2v) is 4.77. The maximum Gasteiger partial charge on any atom is 0.225 e. The average Bonchev–Trinajstić information content (AvgIpc) is 2.24. The van der Waals surface area contributed by atoms with Gasteiger partial charge in [0.1, 0.15) is 5.82 Å². The molecule has 17 heavy (non-hydrogen) atoms. The highest BCUT2D eigenvalue weighted by molar-refractivity contribution is 5.46. The highest BCUT2D eigenvalue weighted by atomic mass is 16.5. The van der Waals surface area contributed by atoms with Crippen molar-refractivity contribution in [1.29, 1.82) is 0 Å². The fourth-order valence-electron chi connectivity index (χ4n) is 1.64. The van der Waals surface area contributed by atoms with Crippen molar-refractivity contribution in [3.05, 3.63) is 6.07 Å². The molecule has 1 aromatic heterocycles. The largest absolute Gasteiger partial charge is 0.481 e. The van der Waals surface area contributed by atoms with Crippen LogP contribution < -0.4 is 15.4 Å². The van der Waals surface area contributed by atoms with Crippen molar-refractivity contribution in [3.8, 4) is 5.88 Å². The van der Waals surface area contributed by atoms with E-state index in [4.69, 9.17) is 10.5 Å². The first-order valence-electron chi connectivity index (χ1n) is 5.89. The van der Waals surface area contributed by atoms with Crippen LogP contribution in [0.25, 0.3) is 0 Å². The van der Waals surface area contributed by atoms with E-state index in [1.165, 1.54) is 0 Å². The van der Waals surface area contributed by atoms with E-state index in [0.29, 0.717) is 17.8 Å². The molecule has 0 aliphatic carbocycles. The Morgan fingerprint density at radius 1 is 1.29 bits per heavy atom. The zero-order valence-electron chi connectivity index (χ0n) is 11.3. The Bertz CT molecular complexity index is 366. The number of anilines is 2. The van der Waals surface area contributed by atoms with Gasteiger partial charge in [-0.3, -0.25) is 0 Å². The molecular formula is C12H22N4O. The Balaban J connectivity index is 3.04. The van der Waals surface area contributed by atoms with Gasteiger partial charge in [-0.2, -0.15) is 9.97 Å². The molecule has 5 heteroatoms. The Labute approximate surface area is 103 Å². The third-order valence-electron chi connectivity index (χ3n) is 2.40. The molecule has 1 rings (SSSR count). The fraction of sp³-hybridized carbons (Fsp3) is 0.667. The van der Waals surface area contributed by atoms with Gasteiger partial charge in [-0.25, -0.2) is 0 Å². The molecule has 2 N–H and O–H groups in total. The van der Waals surface area contributed by atoms with Gasteiger partial charge in [-0.15, -0.1) is 0 Å². The predicted molar refractivity (Wildman–Crippen MR) is 70.3 cm³/mol. The van der Waals surface area contributed by atoms with Crippen molar-refractivity contribution in [2.45, 2.75) is 33.7 Å². The minimum absolute atomic E-state index is 0.244. The quantitative estimate of drug-likeness (QED) is 0.849. The molecule has 0 unspecified atom stereocenters. The molecule has 0 bridgehead atoms. The Morgan fingerprint density at radius 3 is 2.41 bits per heavy atom. The van der Waals surface area contributed by atoms with Crippen molar-refractivity contribution in [3.63, 3.8) is 0 Å². The number of nitrogens with zero attached hydrogens (tertiary/aromatic N) is 3.